The van der Waals surface area contributed by atoms with E-state index in [4.69, 9.17) is 16.9 Å². The third-order valence-electron chi connectivity index (χ3n) is 2.70. The van der Waals surface area contributed by atoms with E-state index in [9.17, 15) is 4.79 Å². The maximum Gasteiger partial charge on any atom is 0.269 e. The third kappa shape index (κ3) is 2.70. The Morgan fingerprint density at radius 1 is 1.47 bits per heavy atom. The molecule has 0 amide bonds. The van der Waals surface area contributed by atoms with Gasteiger partial charge in [0.05, 0.1) is 23.9 Å². The minimum Gasteiger partial charge on any atom is -0.278 e. The Labute approximate surface area is 123 Å². The molecule has 2 aromatic rings. The summed E-state index contributed by atoms with van der Waals surface area (Å²) in [5.41, 5.74) is 1.53. The molecule has 19 heavy (non-hydrogen) atoms. The predicted octanol–water partition coefficient (Wildman–Crippen LogP) is 2.89. The van der Waals surface area contributed by atoms with Crippen molar-refractivity contribution in [2.24, 2.45) is 0 Å². The fourth-order valence-corrected chi connectivity index (χ4v) is 2.25. The van der Waals surface area contributed by atoms with Crippen molar-refractivity contribution in [1.29, 1.82) is 5.26 Å². The molecule has 6 heteroatoms. The van der Waals surface area contributed by atoms with E-state index in [1.807, 2.05) is 6.07 Å². The van der Waals surface area contributed by atoms with E-state index >= 15 is 0 Å². The van der Waals surface area contributed by atoms with Crippen LogP contribution in [-0.4, -0.2) is 9.55 Å². The Kier molecular flexibility index (Phi) is 4.03. The van der Waals surface area contributed by atoms with Crippen molar-refractivity contribution in [2.45, 2.75) is 13.5 Å². The Morgan fingerprint density at radius 2 is 2.16 bits per heavy atom. The smallest absolute Gasteiger partial charge is 0.269 e. The molecule has 0 aliphatic heterocycles. The quantitative estimate of drug-likeness (QED) is 0.791. The molecule has 1 aromatic heterocycles. The molecule has 0 atom stereocenters. The number of aromatic nitrogens is 2. The van der Waals surface area contributed by atoms with Crippen LogP contribution in [0.4, 0.5) is 0 Å². The predicted molar refractivity (Wildman–Crippen MR) is 76.2 cm³/mol. The molecule has 4 nitrogen and oxygen atoms in total. The van der Waals surface area contributed by atoms with Gasteiger partial charge < -0.3 is 0 Å². The fraction of sp³-hybridized carbons (Fsp3) is 0.154. The first-order chi connectivity index (χ1) is 9.04. The van der Waals surface area contributed by atoms with Crippen LogP contribution in [0.1, 0.15) is 16.8 Å². The summed E-state index contributed by atoms with van der Waals surface area (Å²) in [6.45, 7) is 1.91. The van der Waals surface area contributed by atoms with Crippen LogP contribution in [0.5, 0.6) is 0 Å². The van der Waals surface area contributed by atoms with Crippen molar-refractivity contribution in [3.63, 3.8) is 0 Å². The lowest BCUT2D eigenvalue weighted by Crippen LogP contribution is -2.24. The normalized spacial score (nSPS) is 10.2. The average molecular weight is 339 g/mol. The summed E-state index contributed by atoms with van der Waals surface area (Å²) in [6.07, 6.45) is 0. The van der Waals surface area contributed by atoms with Gasteiger partial charge in [-0.2, -0.15) is 5.26 Å². The van der Waals surface area contributed by atoms with Crippen molar-refractivity contribution < 1.29 is 0 Å². The monoisotopic (exact) mass is 337 g/mol. The molecule has 0 fully saturated rings. The lowest BCUT2D eigenvalue weighted by Gasteiger charge is -2.10. The molecule has 0 spiro atoms. The van der Waals surface area contributed by atoms with E-state index in [2.05, 4.69) is 27.0 Å². The number of hydrogen-bond acceptors (Lipinski definition) is 3. The maximum absolute atomic E-state index is 12.1. The van der Waals surface area contributed by atoms with Gasteiger partial charge in [0, 0.05) is 0 Å². The molecule has 0 unspecified atom stereocenters. The fourth-order valence-electron chi connectivity index (χ4n) is 1.68. The molecule has 1 aromatic carbocycles. The van der Waals surface area contributed by atoms with Gasteiger partial charge in [-0.3, -0.25) is 9.36 Å². The Morgan fingerprint density at radius 3 is 2.84 bits per heavy atom. The van der Waals surface area contributed by atoms with E-state index in [-0.39, 0.29) is 17.4 Å². The van der Waals surface area contributed by atoms with Gasteiger partial charge in [0.25, 0.3) is 5.56 Å². The van der Waals surface area contributed by atoms with Gasteiger partial charge in [-0.1, -0.05) is 18.2 Å². The van der Waals surface area contributed by atoms with E-state index < -0.39 is 0 Å². The van der Waals surface area contributed by atoms with Crippen LogP contribution >= 0.6 is 27.5 Å². The van der Waals surface area contributed by atoms with Crippen LogP contribution < -0.4 is 5.56 Å². The van der Waals surface area contributed by atoms with Crippen LogP contribution in [-0.2, 0) is 6.54 Å². The molecular weight excluding hydrogens is 330 g/mol. The summed E-state index contributed by atoms with van der Waals surface area (Å²) in [6, 6.07) is 9.16. The first-order valence-corrected chi connectivity index (χ1v) is 6.62. The molecule has 0 saturated carbocycles. The largest absolute Gasteiger partial charge is 0.278 e. The zero-order valence-corrected chi connectivity index (χ0v) is 12.4. The molecule has 0 saturated heterocycles. The molecule has 0 radical (unpaired) electrons. The number of rotatable bonds is 2. The van der Waals surface area contributed by atoms with E-state index in [1.165, 1.54) is 4.57 Å². The lowest BCUT2D eigenvalue weighted by atomic mass is 10.1. The summed E-state index contributed by atoms with van der Waals surface area (Å²) < 4.78 is 1.71. The third-order valence-corrected chi connectivity index (χ3v) is 3.90. The first-order valence-electron chi connectivity index (χ1n) is 5.45. The highest BCUT2D eigenvalue weighted by Crippen LogP contribution is 2.15. The number of aryl methyl sites for hydroxylation is 1. The first kappa shape index (κ1) is 13.8. The van der Waals surface area contributed by atoms with Crippen LogP contribution in [0, 0.1) is 18.3 Å². The van der Waals surface area contributed by atoms with Crippen molar-refractivity contribution in [3.05, 3.63) is 61.2 Å². The van der Waals surface area contributed by atoms with E-state index in [0.717, 1.165) is 5.56 Å². The van der Waals surface area contributed by atoms with Crippen molar-refractivity contribution in [3.8, 4) is 6.07 Å². The minimum atomic E-state index is -0.259. The molecule has 0 aliphatic rings. The average Bonchev–Trinajstić information content (AvgIpc) is 2.41. The molecule has 0 aliphatic carbocycles. The zero-order chi connectivity index (χ0) is 14.0. The molecule has 0 N–H and O–H groups in total. The van der Waals surface area contributed by atoms with Gasteiger partial charge in [0.15, 0.2) is 0 Å². The summed E-state index contributed by atoms with van der Waals surface area (Å²) in [7, 11) is 0. The van der Waals surface area contributed by atoms with Crippen molar-refractivity contribution in [2.75, 3.05) is 0 Å². The van der Waals surface area contributed by atoms with Gasteiger partial charge in [0.2, 0.25) is 5.28 Å². The van der Waals surface area contributed by atoms with Crippen molar-refractivity contribution >= 4 is 27.5 Å². The number of benzene rings is 1. The van der Waals surface area contributed by atoms with Crippen LogP contribution in [0.25, 0.3) is 0 Å². The molecular formula is C13H9BrClN3O. The number of nitriles is 1. The Hall–Kier alpha value is -1.64. The van der Waals surface area contributed by atoms with Gasteiger partial charge in [-0.25, -0.2) is 4.98 Å². The highest BCUT2D eigenvalue weighted by molar-refractivity contribution is 9.10. The summed E-state index contributed by atoms with van der Waals surface area (Å²) in [5.74, 6) is 0. The number of halogens is 2. The molecule has 1 heterocycles. The maximum atomic E-state index is 12.1. The Bertz CT molecular complexity index is 734. The topological polar surface area (TPSA) is 58.7 Å². The van der Waals surface area contributed by atoms with Gasteiger partial charge in [0.1, 0.15) is 4.47 Å². The second-order valence-corrected chi connectivity index (χ2v) is 5.07. The molecule has 96 valence electrons. The summed E-state index contributed by atoms with van der Waals surface area (Å²) in [4.78, 5) is 16.2. The van der Waals surface area contributed by atoms with Crippen LogP contribution in [0.3, 0.4) is 0 Å². The molecule has 2 rings (SSSR count). The van der Waals surface area contributed by atoms with E-state index in [0.29, 0.717) is 15.7 Å². The molecule has 0 bridgehead atoms. The van der Waals surface area contributed by atoms with Gasteiger partial charge in [-0.05, 0) is 46.1 Å². The number of hydrogen-bond donors (Lipinski definition) is 0. The van der Waals surface area contributed by atoms with Crippen molar-refractivity contribution in [1.82, 2.24) is 9.55 Å². The van der Waals surface area contributed by atoms with Gasteiger partial charge in [-0.15, -0.1) is 0 Å². The zero-order valence-electron chi connectivity index (χ0n) is 10.0. The lowest BCUT2D eigenvalue weighted by molar-refractivity contribution is 0.724. The van der Waals surface area contributed by atoms with E-state index in [1.54, 1.807) is 25.1 Å². The Balaban J connectivity index is 2.54. The minimum absolute atomic E-state index is 0.110. The van der Waals surface area contributed by atoms with Crippen LogP contribution in [0.2, 0.25) is 5.28 Å². The highest BCUT2D eigenvalue weighted by atomic mass is 79.9. The second kappa shape index (κ2) is 5.55. The van der Waals surface area contributed by atoms with Gasteiger partial charge >= 0.3 is 0 Å². The number of nitrogens with zero attached hydrogens (tertiary/aromatic N) is 3. The second-order valence-electron chi connectivity index (χ2n) is 3.94. The summed E-state index contributed by atoms with van der Waals surface area (Å²) >= 11 is 9.19. The highest BCUT2D eigenvalue weighted by Gasteiger charge is 2.12. The SMILES string of the molecule is Cc1nc(Cl)n(Cc2ccccc2C#N)c(=O)c1Br. The standard InChI is InChI=1S/C13H9BrClN3O/c1-8-11(14)12(19)18(13(15)17-8)7-10-5-3-2-4-9(10)6-16/h2-5H,7H2,1H3. The van der Waals surface area contributed by atoms with Crippen LogP contribution in [0.15, 0.2) is 33.5 Å². The summed E-state index contributed by atoms with van der Waals surface area (Å²) in [5, 5.41) is 9.15.